The van der Waals surface area contributed by atoms with Gasteiger partial charge in [0, 0.05) is 18.3 Å². The van der Waals surface area contributed by atoms with Crippen LogP contribution in [0, 0.1) is 6.92 Å². The Hall–Kier alpha value is -1.48. The maximum atomic E-state index is 5.69. The van der Waals surface area contributed by atoms with Gasteiger partial charge >= 0.3 is 0 Å². The Morgan fingerprint density at radius 2 is 2.25 bits per heavy atom. The van der Waals surface area contributed by atoms with Gasteiger partial charge in [-0.2, -0.15) is 0 Å². The maximum Gasteiger partial charge on any atom is 0.125 e. The largest absolute Gasteiger partial charge is 0.326 e. The summed E-state index contributed by atoms with van der Waals surface area (Å²) in [7, 11) is 0. The Kier molecular flexibility index (Phi) is 4.38. The van der Waals surface area contributed by atoms with Gasteiger partial charge in [-0.1, -0.05) is 18.2 Å². The summed E-state index contributed by atoms with van der Waals surface area (Å²) in [6.07, 6.45) is 4.70. The first-order chi connectivity index (χ1) is 7.58. The van der Waals surface area contributed by atoms with E-state index >= 15 is 0 Å². The number of hydrogen-bond acceptors (Lipinski definition) is 3. The molecule has 0 bridgehead atoms. The minimum absolute atomic E-state index is 0.461. The molecule has 0 saturated carbocycles. The van der Waals surface area contributed by atoms with Crippen LogP contribution in [-0.2, 0) is 6.54 Å². The van der Waals surface area contributed by atoms with Crippen molar-refractivity contribution in [3.8, 4) is 0 Å². The number of rotatable bonds is 4. The lowest BCUT2D eigenvalue weighted by Crippen LogP contribution is -2.06. The van der Waals surface area contributed by atoms with Crippen LogP contribution in [-0.4, -0.2) is 9.97 Å². The third-order valence-corrected chi connectivity index (χ3v) is 2.35. The highest BCUT2D eigenvalue weighted by molar-refractivity contribution is 5.66. The van der Waals surface area contributed by atoms with Gasteiger partial charge in [-0.3, -0.25) is 0 Å². The van der Waals surface area contributed by atoms with Gasteiger partial charge in [0.05, 0.1) is 5.69 Å². The Labute approximate surface area is 97.1 Å². The Balaban J connectivity index is 3.18. The predicted octanol–water partition coefficient (Wildman–Crippen LogP) is 2.61. The van der Waals surface area contributed by atoms with Crippen LogP contribution >= 0.6 is 0 Å². The zero-order chi connectivity index (χ0) is 12.1. The van der Waals surface area contributed by atoms with E-state index in [1.807, 2.05) is 20.8 Å². The van der Waals surface area contributed by atoms with E-state index in [-0.39, 0.29) is 0 Å². The van der Waals surface area contributed by atoms with Crippen molar-refractivity contribution in [2.75, 3.05) is 0 Å². The van der Waals surface area contributed by atoms with Crippen LogP contribution in [0.15, 0.2) is 24.4 Å². The Morgan fingerprint density at radius 3 is 2.75 bits per heavy atom. The summed E-state index contributed by atoms with van der Waals surface area (Å²) in [6, 6.07) is 0. The molecule has 0 unspecified atom stereocenters. The van der Waals surface area contributed by atoms with E-state index in [2.05, 4.69) is 22.6 Å². The van der Waals surface area contributed by atoms with Gasteiger partial charge in [0.15, 0.2) is 0 Å². The van der Waals surface area contributed by atoms with E-state index in [0.29, 0.717) is 6.54 Å². The van der Waals surface area contributed by atoms with Crippen LogP contribution < -0.4 is 5.73 Å². The van der Waals surface area contributed by atoms with Gasteiger partial charge in [-0.15, -0.1) is 0 Å². The molecular weight excluding hydrogens is 198 g/mol. The van der Waals surface area contributed by atoms with Crippen molar-refractivity contribution >= 4 is 5.57 Å². The van der Waals surface area contributed by atoms with Crippen LogP contribution in [0.4, 0.5) is 0 Å². The molecule has 0 amide bonds. The fourth-order valence-electron chi connectivity index (χ4n) is 1.57. The topological polar surface area (TPSA) is 51.8 Å². The summed E-state index contributed by atoms with van der Waals surface area (Å²) >= 11 is 0. The fourth-order valence-corrected chi connectivity index (χ4v) is 1.57. The van der Waals surface area contributed by atoms with Crippen LogP contribution in [0.3, 0.4) is 0 Å². The second-order valence-corrected chi connectivity index (χ2v) is 3.94. The lowest BCUT2D eigenvalue weighted by Gasteiger charge is -2.11. The van der Waals surface area contributed by atoms with E-state index in [9.17, 15) is 0 Å². The van der Waals surface area contributed by atoms with Gasteiger partial charge in [0.25, 0.3) is 0 Å². The molecular formula is C13H19N3. The average molecular weight is 217 g/mol. The molecule has 2 N–H and O–H groups in total. The van der Waals surface area contributed by atoms with E-state index < -0.39 is 0 Å². The lowest BCUT2D eigenvalue weighted by atomic mass is 10.0. The maximum absolute atomic E-state index is 5.69. The van der Waals surface area contributed by atoms with Crippen molar-refractivity contribution in [1.82, 2.24) is 9.97 Å². The second kappa shape index (κ2) is 5.56. The van der Waals surface area contributed by atoms with Gasteiger partial charge in [0.2, 0.25) is 0 Å². The zero-order valence-corrected chi connectivity index (χ0v) is 10.2. The number of nitrogens with two attached hydrogens (primary N) is 1. The number of aryl methyl sites for hydroxylation is 1. The Bertz CT molecular complexity index is 419. The number of aromatic nitrogens is 2. The molecule has 0 atom stereocenters. The van der Waals surface area contributed by atoms with Gasteiger partial charge in [-0.05, 0) is 32.8 Å². The molecule has 0 saturated heterocycles. The molecule has 86 valence electrons. The summed E-state index contributed by atoms with van der Waals surface area (Å²) in [5, 5.41) is 0. The number of hydrogen-bond donors (Lipinski definition) is 1. The summed E-state index contributed by atoms with van der Waals surface area (Å²) in [5.41, 5.74) is 9.92. The standard InChI is InChI=1S/C13H19N3/c1-5-11(6-9(2)3)13-12(7-14)8-15-10(4)16-13/h5,8H,2,6-7,14H2,1,3-4H3/b11-5+. The molecule has 0 aliphatic heterocycles. The molecule has 1 heterocycles. The summed E-state index contributed by atoms with van der Waals surface area (Å²) in [4.78, 5) is 8.63. The minimum Gasteiger partial charge on any atom is -0.326 e. The van der Waals surface area contributed by atoms with Crippen LogP contribution in [0.1, 0.15) is 37.4 Å². The highest BCUT2D eigenvalue weighted by Gasteiger charge is 2.09. The predicted molar refractivity (Wildman–Crippen MR) is 67.7 cm³/mol. The number of nitrogens with zero attached hydrogens (tertiary/aromatic N) is 2. The van der Waals surface area contributed by atoms with Gasteiger partial charge < -0.3 is 5.73 Å². The zero-order valence-electron chi connectivity index (χ0n) is 10.2. The SMILES string of the molecule is C=C(C)C/C(=C\C)c1nc(C)ncc1CN. The van der Waals surface area contributed by atoms with Crippen molar-refractivity contribution in [3.05, 3.63) is 41.5 Å². The lowest BCUT2D eigenvalue weighted by molar-refractivity contribution is 0.946. The highest BCUT2D eigenvalue weighted by atomic mass is 14.9. The second-order valence-electron chi connectivity index (χ2n) is 3.94. The van der Waals surface area contributed by atoms with E-state index in [0.717, 1.165) is 29.1 Å². The van der Waals surface area contributed by atoms with Gasteiger partial charge in [0.1, 0.15) is 5.82 Å². The minimum atomic E-state index is 0.461. The molecule has 0 fully saturated rings. The van der Waals surface area contributed by atoms with Crippen molar-refractivity contribution in [2.24, 2.45) is 5.73 Å². The summed E-state index contributed by atoms with van der Waals surface area (Å²) in [6.45, 7) is 10.3. The van der Waals surface area contributed by atoms with Crippen LogP contribution in [0.2, 0.25) is 0 Å². The van der Waals surface area contributed by atoms with E-state index in [1.54, 1.807) is 6.20 Å². The third kappa shape index (κ3) is 3.00. The Morgan fingerprint density at radius 1 is 1.56 bits per heavy atom. The first kappa shape index (κ1) is 12.6. The van der Waals surface area contributed by atoms with Crippen molar-refractivity contribution in [3.63, 3.8) is 0 Å². The smallest absolute Gasteiger partial charge is 0.125 e. The molecule has 0 aliphatic carbocycles. The molecule has 0 aliphatic rings. The molecule has 3 heteroatoms. The summed E-state index contributed by atoms with van der Waals surface area (Å²) < 4.78 is 0. The molecule has 0 spiro atoms. The average Bonchev–Trinajstić information content (AvgIpc) is 2.25. The third-order valence-electron chi connectivity index (χ3n) is 2.35. The number of allylic oxidation sites excluding steroid dienone is 3. The molecule has 1 rings (SSSR count). The van der Waals surface area contributed by atoms with E-state index in [1.165, 1.54) is 5.57 Å². The highest BCUT2D eigenvalue weighted by Crippen LogP contribution is 2.22. The van der Waals surface area contributed by atoms with Crippen molar-refractivity contribution in [2.45, 2.75) is 33.7 Å². The van der Waals surface area contributed by atoms with Crippen molar-refractivity contribution < 1.29 is 0 Å². The first-order valence-electron chi connectivity index (χ1n) is 5.41. The first-order valence-corrected chi connectivity index (χ1v) is 5.41. The molecule has 0 radical (unpaired) electrons. The molecule has 16 heavy (non-hydrogen) atoms. The van der Waals surface area contributed by atoms with Gasteiger partial charge in [-0.25, -0.2) is 9.97 Å². The van der Waals surface area contributed by atoms with Crippen LogP contribution in [0.5, 0.6) is 0 Å². The van der Waals surface area contributed by atoms with Crippen molar-refractivity contribution in [1.29, 1.82) is 0 Å². The fraction of sp³-hybridized carbons (Fsp3) is 0.385. The monoisotopic (exact) mass is 217 g/mol. The van der Waals surface area contributed by atoms with Crippen LogP contribution in [0.25, 0.3) is 5.57 Å². The molecule has 3 nitrogen and oxygen atoms in total. The normalized spacial score (nSPS) is 11.6. The molecule has 1 aromatic rings. The molecule has 0 aromatic carbocycles. The summed E-state index contributed by atoms with van der Waals surface area (Å²) in [5.74, 6) is 0.772. The van der Waals surface area contributed by atoms with E-state index in [4.69, 9.17) is 5.73 Å². The molecule has 1 aromatic heterocycles. The quantitative estimate of drug-likeness (QED) is 0.789.